The Balaban J connectivity index is 1.66. The average Bonchev–Trinajstić information content (AvgIpc) is 2.50. The van der Waals surface area contributed by atoms with Crippen LogP contribution in [0.5, 0.6) is 0 Å². The first-order valence-corrected chi connectivity index (χ1v) is 9.41. The van der Waals surface area contributed by atoms with E-state index in [9.17, 15) is 4.79 Å². The van der Waals surface area contributed by atoms with Gasteiger partial charge in [-0.25, -0.2) is 9.97 Å². The largest absolute Gasteiger partial charge is 0.355 e. The van der Waals surface area contributed by atoms with E-state index in [1.54, 1.807) is 11.8 Å². The molecule has 0 bridgehead atoms. The quantitative estimate of drug-likeness (QED) is 0.473. The molecular formula is C17H21N3OS2. The number of benzene rings is 1. The Bertz CT molecular complexity index is 639. The first-order chi connectivity index (χ1) is 11.0. The summed E-state index contributed by atoms with van der Waals surface area (Å²) < 4.78 is 0. The van der Waals surface area contributed by atoms with Crippen LogP contribution in [0.4, 0.5) is 0 Å². The second kappa shape index (κ2) is 8.93. The van der Waals surface area contributed by atoms with Crippen molar-refractivity contribution in [3.63, 3.8) is 0 Å². The average molecular weight is 348 g/mol. The number of hydrogen-bond acceptors (Lipinski definition) is 5. The zero-order chi connectivity index (χ0) is 16.7. The van der Waals surface area contributed by atoms with Crippen molar-refractivity contribution in [2.24, 2.45) is 0 Å². The molecule has 23 heavy (non-hydrogen) atoms. The molecule has 1 heterocycles. The Morgan fingerprint density at radius 1 is 1.04 bits per heavy atom. The van der Waals surface area contributed by atoms with Crippen LogP contribution in [0, 0.1) is 20.8 Å². The van der Waals surface area contributed by atoms with Gasteiger partial charge < -0.3 is 5.32 Å². The summed E-state index contributed by atoms with van der Waals surface area (Å²) in [4.78, 5) is 21.7. The van der Waals surface area contributed by atoms with Gasteiger partial charge in [-0.1, -0.05) is 29.5 Å². The van der Waals surface area contributed by atoms with Crippen LogP contribution in [0.15, 0.2) is 40.4 Å². The number of hydrogen-bond donors (Lipinski definition) is 1. The number of aryl methyl sites for hydroxylation is 3. The van der Waals surface area contributed by atoms with Crippen molar-refractivity contribution in [1.29, 1.82) is 0 Å². The van der Waals surface area contributed by atoms with Gasteiger partial charge in [0.2, 0.25) is 5.91 Å². The monoisotopic (exact) mass is 347 g/mol. The smallest absolute Gasteiger partial charge is 0.230 e. The lowest BCUT2D eigenvalue weighted by atomic mass is 10.2. The van der Waals surface area contributed by atoms with Gasteiger partial charge in [-0.15, -0.1) is 11.8 Å². The number of thioether (sulfide) groups is 2. The topological polar surface area (TPSA) is 54.9 Å². The van der Waals surface area contributed by atoms with E-state index < -0.39 is 0 Å². The zero-order valence-corrected chi connectivity index (χ0v) is 15.3. The maximum atomic E-state index is 11.8. The lowest BCUT2D eigenvalue weighted by Gasteiger charge is -2.06. The van der Waals surface area contributed by atoms with Crippen LogP contribution in [0.25, 0.3) is 0 Å². The third-order valence-electron chi connectivity index (χ3n) is 3.01. The summed E-state index contributed by atoms with van der Waals surface area (Å²) in [7, 11) is 0. The minimum Gasteiger partial charge on any atom is -0.355 e. The van der Waals surface area contributed by atoms with Gasteiger partial charge >= 0.3 is 0 Å². The third kappa shape index (κ3) is 6.62. The molecular weight excluding hydrogens is 326 g/mol. The first-order valence-electron chi connectivity index (χ1n) is 7.44. The third-order valence-corrected chi connectivity index (χ3v) is 4.87. The van der Waals surface area contributed by atoms with Crippen molar-refractivity contribution in [1.82, 2.24) is 15.3 Å². The summed E-state index contributed by atoms with van der Waals surface area (Å²) in [5.74, 6) is 1.22. The Kier molecular flexibility index (Phi) is 6.92. The molecule has 122 valence electrons. The molecule has 0 unspecified atom stereocenters. The van der Waals surface area contributed by atoms with E-state index in [0.717, 1.165) is 17.1 Å². The number of amides is 1. The highest BCUT2D eigenvalue weighted by atomic mass is 32.2. The van der Waals surface area contributed by atoms with E-state index >= 15 is 0 Å². The fourth-order valence-corrected chi connectivity index (χ4v) is 3.48. The van der Waals surface area contributed by atoms with Crippen LogP contribution in [0.3, 0.4) is 0 Å². The van der Waals surface area contributed by atoms with Crippen molar-refractivity contribution in [3.8, 4) is 0 Å². The van der Waals surface area contributed by atoms with Crippen LogP contribution in [0.1, 0.15) is 17.0 Å². The molecule has 0 radical (unpaired) electrons. The molecule has 0 aliphatic carbocycles. The summed E-state index contributed by atoms with van der Waals surface area (Å²) in [6.07, 6.45) is 0. The van der Waals surface area contributed by atoms with E-state index in [2.05, 4.69) is 46.5 Å². The van der Waals surface area contributed by atoms with E-state index in [4.69, 9.17) is 0 Å². The minimum absolute atomic E-state index is 0.0160. The van der Waals surface area contributed by atoms with Crippen molar-refractivity contribution >= 4 is 29.4 Å². The Morgan fingerprint density at radius 2 is 1.70 bits per heavy atom. The number of carbonyl (C=O) groups excluding carboxylic acids is 1. The molecule has 0 aliphatic heterocycles. The first kappa shape index (κ1) is 17.8. The molecule has 4 nitrogen and oxygen atoms in total. The highest BCUT2D eigenvalue weighted by Gasteiger charge is 2.05. The number of rotatable bonds is 7. The maximum absolute atomic E-state index is 11.8. The molecule has 2 aromatic rings. The van der Waals surface area contributed by atoms with Crippen molar-refractivity contribution in [2.75, 3.05) is 18.1 Å². The Morgan fingerprint density at radius 3 is 2.35 bits per heavy atom. The summed E-state index contributed by atoms with van der Waals surface area (Å²) in [5, 5.41) is 3.59. The van der Waals surface area contributed by atoms with E-state index in [1.165, 1.54) is 22.2 Å². The fourth-order valence-electron chi connectivity index (χ4n) is 1.93. The van der Waals surface area contributed by atoms with E-state index in [-0.39, 0.29) is 5.91 Å². The molecule has 0 fully saturated rings. The van der Waals surface area contributed by atoms with Gasteiger partial charge in [0.1, 0.15) is 0 Å². The summed E-state index contributed by atoms with van der Waals surface area (Å²) in [5.41, 5.74) is 3.11. The van der Waals surface area contributed by atoms with E-state index in [1.807, 2.05) is 19.9 Å². The molecule has 6 heteroatoms. The van der Waals surface area contributed by atoms with Crippen LogP contribution in [-0.2, 0) is 4.79 Å². The molecule has 1 aromatic carbocycles. The highest BCUT2D eigenvalue weighted by molar-refractivity contribution is 7.99. The summed E-state index contributed by atoms with van der Waals surface area (Å²) in [6.45, 7) is 6.60. The molecule has 0 saturated carbocycles. The molecule has 1 N–H and O–H groups in total. The Hall–Kier alpha value is -1.53. The van der Waals surface area contributed by atoms with Gasteiger partial charge in [-0.05, 0) is 39.0 Å². The lowest BCUT2D eigenvalue weighted by molar-refractivity contribution is -0.118. The fraction of sp³-hybridized carbons (Fsp3) is 0.353. The second-order valence-corrected chi connectivity index (χ2v) is 7.34. The maximum Gasteiger partial charge on any atom is 0.230 e. The standard InChI is InChI=1S/C17H21N3OS2/c1-12-4-6-15(7-5-12)22-9-8-18-16(21)11-23-17-19-13(2)10-14(3)20-17/h4-7,10H,8-9,11H2,1-3H3,(H,18,21). The highest BCUT2D eigenvalue weighted by Crippen LogP contribution is 2.17. The number of carbonyl (C=O) groups is 1. The molecule has 1 amide bonds. The van der Waals surface area contributed by atoms with Gasteiger partial charge in [-0.3, -0.25) is 4.79 Å². The van der Waals surface area contributed by atoms with Crippen LogP contribution < -0.4 is 5.32 Å². The normalized spacial score (nSPS) is 10.6. The van der Waals surface area contributed by atoms with Crippen LogP contribution >= 0.6 is 23.5 Å². The number of nitrogens with one attached hydrogen (secondary N) is 1. The van der Waals surface area contributed by atoms with Gasteiger partial charge in [0.05, 0.1) is 5.75 Å². The van der Waals surface area contributed by atoms with Crippen LogP contribution in [0.2, 0.25) is 0 Å². The predicted molar refractivity (Wildman–Crippen MR) is 97.1 cm³/mol. The molecule has 0 saturated heterocycles. The van der Waals surface area contributed by atoms with Crippen molar-refractivity contribution < 1.29 is 4.79 Å². The second-order valence-electron chi connectivity index (χ2n) is 5.23. The summed E-state index contributed by atoms with van der Waals surface area (Å²) >= 11 is 3.12. The predicted octanol–water partition coefficient (Wildman–Crippen LogP) is 3.40. The van der Waals surface area contributed by atoms with Gasteiger partial charge in [0.25, 0.3) is 0 Å². The van der Waals surface area contributed by atoms with Crippen LogP contribution in [-0.4, -0.2) is 33.9 Å². The van der Waals surface area contributed by atoms with Crippen molar-refractivity contribution in [3.05, 3.63) is 47.3 Å². The number of nitrogens with zero attached hydrogens (tertiary/aromatic N) is 2. The number of aromatic nitrogens is 2. The lowest BCUT2D eigenvalue weighted by Crippen LogP contribution is -2.27. The molecule has 0 atom stereocenters. The molecule has 1 aromatic heterocycles. The van der Waals surface area contributed by atoms with Crippen molar-refractivity contribution in [2.45, 2.75) is 30.8 Å². The van der Waals surface area contributed by atoms with Gasteiger partial charge in [0.15, 0.2) is 5.16 Å². The Labute approximate surface area is 145 Å². The zero-order valence-electron chi connectivity index (χ0n) is 13.6. The molecule has 0 aliphatic rings. The van der Waals surface area contributed by atoms with Gasteiger partial charge in [0, 0.05) is 28.6 Å². The SMILES string of the molecule is Cc1ccc(SCCNC(=O)CSc2nc(C)cc(C)n2)cc1. The molecule has 0 spiro atoms. The summed E-state index contributed by atoms with van der Waals surface area (Å²) in [6, 6.07) is 10.3. The minimum atomic E-state index is 0.0160. The van der Waals surface area contributed by atoms with E-state index in [0.29, 0.717) is 17.5 Å². The van der Waals surface area contributed by atoms with Gasteiger partial charge in [-0.2, -0.15) is 0 Å². The molecule has 2 rings (SSSR count).